The lowest BCUT2D eigenvalue weighted by molar-refractivity contribution is -0.467. The Balaban J connectivity index is 1.68. The van der Waals surface area contributed by atoms with E-state index in [1.807, 2.05) is 0 Å². The molecule has 0 amide bonds. The summed E-state index contributed by atoms with van der Waals surface area (Å²) < 4.78 is 0. The highest BCUT2D eigenvalue weighted by molar-refractivity contribution is 5.35. The molecular weight excluding hydrogens is 156 g/mol. The highest BCUT2D eigenvalue weighted by Gasteiger charge is 2.88. The van der Waals surface area contributed by atoms with Crippen LogP contribution in [0.4, 0.5) is 0 Å². The van der Waals surface area contributed by atoms with E-state index in [4.69, 9.17) is 0 Å². The molecule has 5 fully saturated rings. The summed E-state index contributed by atoms with van der Waals surface area (Å²) in [7, 11) is 0. The molecule has 0 saturated heterocycles. The lowest BCUT2D eigenvalue weighted by Gasteiger charge is -2.94. The number of hydrogen-bond acceptors (Lipinski definition) is 0. The molecule has 0 aliphatic heterocycles. The molecule has 0 aromatic rings. The normalized spacial score (nSPS) is 93.5. The van der Waals surface area contributed by atoms with Crippen molar-refractivity contribution in [2.75, 3.05) is 0 Å². The Hall–Kier alpha value is 0. The van der Waals surface area contributed by atoms with Crippen LogP contribution in [-0.2, 0) is 0 Å². The summed E-state index contributed by atoms with van der Waals surface area (Å²) in [5.41, 5.74) is 0. The Morgan fingerprint density at radius 3 is 1.69 bits per heavy atom. The van der Waals surface area contributed by atoms with Crippen LogP contribution in [0.3, 0.4) is 0 Å². The van der Waals surface area contributed by atoms with Crippen molar-refractivity contribution in [3.05, 3.63) is 0 Å². The minimum atomic E-state index is 1.16. The van der Waals surface area contributed by atoms with Crippen molar-refractivity contribution in [1.82, 2.24) is 0 Å². The molecule has 5 aliphatic rings. The molecule has 0 N–H and O–H groups in total. The zero-order valence-electron chi connectivity index (χ0n) is 8.06. The molecule has 4 unspecified atom stereocenters. The van der Waals surface area contributed by atoms with Crippen molar-refractivity contribution in [3.8, 4) is 0 Å². The van der Waals surface area contributed by atoms with Crippen LogP contribution in [0, 0.1) is 65.1 Å². The van der Waals surface area contributed by atoms with Gasteiger partial charge in [0.15, 0.2) is 0 Å². The van der Waals surface area contributed by atoms with Crippen molar-refractivity contribution in [2.24, 2.45) is 65.1 Å². The Kier molecular flexibility index (Phi) is 0.558. The third-order valence-corrected chi connectivity index (χ3v) is 7.74. The van der Waals surface area contributed by atoms with E-state index >= 15 is 0 Å². The Labute approximate surface area is 79.1 Å². The van der Waals surface area contributed by atoms with E-state index in [1.165, 1.54) is 59.2 Å². The third kappa shape index (κ3) is 0.293. The number of fused-ring (bicyclic) bond motifs is 13. The standard InChI is InChI=1S/C13H16/c1-3-6-4-2-5-7(3)11-9(5)12-8(4)10(6)13(11)12/h3-13H,2H2,1H3/t3?,4-,5+,6-,7-,8-,9-,10+,11?,12?,13?/m0/s1. The van der Waals surface area contributed by atoms with Crippen LogP contribution >= 0.6 is 0 Å². The highest BCUT2D eigenvalue weighted by Crippen LogP contribution is 2.92. The molecule has 11 atom stereocenters. The Morgan fingerprint density at radius 1 is 0.615 bits per heavy atom. The molecule has 0 spiro atoms. The first-order valence-electron chi connectivity index (χ1n) is 6.39. The molecule has 0 radical (unpaired) electrons. The van der Waals surface area contributed by atoms with Crippen molar-refractivity contribution >= 4 is 0 Å². The van der Waals surface area contributed by atoms with Crippen LogP contribution in [0.15, 0.2) is 0 Å². The average molecular weight is 172 g/mol. The SMILES string of the molecule is CC1[C@@H]2C3C4C5[C@H]3[C@@H]2C[C@H]2[C@H]1[C@@H]4[C@@H]52. The van der Waals surface area contributed by atoms with Gasteiger partial charge in [-0.1, -0.05) is 6.92 Å². The fraction of sp³-hybridized carbons (Fsp3) is 1.00. The van der Waals surface area contributed by atoms with Gasteiger partial charge in [-0.25, -0.2) is 0 Å². The monoisotopic (exact) mass is 172 g/mol. The van der Waals surface area contributed by atoms with E-state index in [0.717, 1.165) is 5.92 Å². The van der Waals surface area contributed by atoms with Crippen molar-refractivity contribution < 1.29 is 0 Å². The van der Waals surface area contributed by atoms with E-state index in [1.54, 1.807) is 6.42 Å². The first kappa shape index (κ1) is 5.78. The highest BCUT2D eigenvalue weighted by atomic mass is 14.9. The topological polar surface area (TPSA) is 0 Å². The molecule has 0 heteroatoms. The summed E-state index contributed by atoms with van der Waals surface area (Å²) in [5.74, 6) is 13.9. The summed E-state index contributed by atoms with van der Waals surface area (Å²) in [4.78, 5) is 0. The molecule has 0 bridgehead atoms. The predicted molar refractivity (Wildman–Crippen MR) is 48.7 cm³/mol. The first-order valence-corrected chi connectivity index (χ1v) is 6.39. The molecule has 0 heterocycles. The van der Waals surface area contributed by atoms with Gasteiger partial charge >= 0.3 is 0 Å². The zero-order chi connectivity index (χ0) is 8.06. The molecule has 5 saturated carbocycles. The molecule has 5 aliphatic carbocycles. The number of rotatable bonds is 0. The molecule has 5 rings (SSSR count). The van der Waals surface area contributed by atoms with E-state index in [2.05, 4.69) is 6.92 Å². The van der Waals surface area contributed by atoms with Gasteiger partial charge in [0.25, 0.3) is 0 Å². The minimum absolute atomic E-state index is 1.16. The summed E-state index contributed by atoms with van der Waals surface area (Å²) in [6.07, 6.45) is 1.69. The summed E-state index contributed by atoms with van der Waals surface area (Å²) in [5, 5.41) is 0. The fourth-order valence-electron chi connectivity index (χ4n) is 7.92. The van der Waals surface area contributed by atoms with Crippen LogP contribution in [0.25, 0.3) is 0 Å². The van der Waals surface area contributed by atoms with Crippen LogP contribution < -0.4 is 0 Å². The van der Waals surface area contributed by atoms with Crippen molar-refractivity contribution in [1.29, 1.82) is 0 Å². The fourth-order valence-corrected chi connectivity index (χ4v) is 7.92. The van der Waals surface area contributed by atoms with E-state index in [9.17, 15) is 0 Å². The second kappa shape index (κ2) is 1.26. The maximum atomic E-state index is 2.60. The Morgan fingerprint density at radius 2 is 1.08 bits per heavy atom. The first-order chi connectivity index (χ1) is 6.39. The van der Waals surface area contributed by atoms with Crippen LogP contribution in [0.1, 0.15) is 13.3 Å². The maximum Gasteiger partial charge on any atom is -0.0312 e. The minimum Gasteiger partial charge on any atom is -0.0619 e. The van der Waals surface area contributed by atoms with Gasteiger partial charge in [0.05, 0.1) is 0 Å². The second-order valence-electron chi connectivity index (χ2n) is 7.04. The summed E-state index contributed by atoms with van der Waals surface area (Å²) in [6, 6.07) is 0. The third-order valence-electron chi connectivity index (χ3n) is 7.74. The molecular formula is C13H16. The molecule has 68 valence electrons. The van der Waals surface area contributed by atoms with Gasteiger partial charge in [-0.2, -0.15) is 0 Å². The van der Waals surface area contributed by atoms with Gasteiger partial charge < -0.3 is 0 Å². The van der Waals surface area contributed by atoms with Gasteiger partial charge in [-0.05, 0) is 71.5 Å². The van der Waals surface area contributed by atoms with Crippen molar-refractivity contribution in [2.45, 2.75) is 13.3 Å². The Bertz CT molecular complexity index is 282. The van der Waals surface area contributed by atoms with Crippen LogP contribution in [0.2, 0.25) is 0 Å². The van der Waals surface area contributed by atoms with Gasteiger partial charge in [-0.3, -0.25) is 0 Å². The van der Waals surface area contributed by atoms with E-state index in [0.29, 0.717) is 0 Å². The molecule has 13 heavy (non-hydrogen) atoms. The van der Waals surface area contributed by atoms with Crippen molar-refractivity contribution in [3.63, 3.8) is 0 Å². The largest absolute Gasteiger partial charge is 0.0619 e. The van der Waals surface area contributed by atoms with E-state index in [-0.39, 0.29) is 0 Å². The molecule has 0 nitrogen and oxygen atoms in total. The number of hydrogen-bond donors (Lipinski definition) is 0. The lowest BCUT2D eigenvalue weighted by atomic mass is 9.11. The smallest absolute Gasteiger partial charge is 0.0312 e. The van der Waals surface area contributed by atoms with Gasteiger partial charge in [0, 0.05) is 0 Å². The summed E-state index contributed by atoms with van der Waals surface area (Å²) >= 11 is 0. The van der Waals surface area contributed by atoms with Gasteiger partial charge in [0.1, 0.15) is 0 Å². The maximum absolute atomic E-state index is 2.60. The zero-order valence-corrected chi connectivity index (χ0v) is 8.06. The van der Waals surface area contributed by atoms with Gasteiger partial charge in [-0.15, -0.1) is 0 Å². The van der Waals surface area contributed by atoms with Crippen LogP contribution in [-0.4, -0.2) is 0 Å². The van der Waals surface area contributed by atoms with Crippen LogP contribution in [0.5, 0.6) is 0 Å². The average Bonchev–Trinajstić information content (AvgIpc) is 1.90. The molecule has 0 aromatic heterocycles. The van der Waals surface area contributed by atoms with Gasteiger partial charge in [0.2, 0.25) is 0 Å². The quantitative estimate of drug-likeness (QED) is 0.492. The second-order valence-corrected chi connectivity index (χ2v) is 7.04. The predicted octanol–water partition coefficient (Wildman–Crippen LogP) is 2.26. The molecule has 0 aromatic carbocycles. The lowest BCUT2D eigenvalue weighted by Crippen LogP contribution is -2.90. The summed E-state index contributed by atoms with van der Waals surface area (Å²) in [6.45, 7) is 2.60. The van der Waals surface area contributed by atoms with E-state index < -0.39 is 0 Å².